The Hall–Kier alpha value is -1.92. The number of ether oxygens (including phenoxy) is 1. The van der Waals surface area contributed by atoms with Gasteiger partial charge in [-0.25, -0.2) is 9.78 Å². The minimum atomic E-state index is -0.895. The van der Waals surface area contributed by atoms with Gasteiger partial charge in [-0.2, -0.15) is 5.10 Å². The van der Waals surface area contributed by atoms with Gasteiger partial charge >= 0.3 is 11.9 Å². The molecule has 0 aliphatic carbocycles. The van der Waals surface area contributed by atoms with Crippen LogP contribution in [0.15, 0.2) is 6.33 Å². The zero-order chi connectivity index (χ0) is 11.3. The summed E-state index contributed by atoms with van der Waals surface area (Å²) < 4.78 is 6.01. The van der Waals surface area contributed by atoms with Gasteiger partial charge in [0.15, 0.2) is 5.82 Å². The van der Waals surface area contributed by atoms with Crippen molar-refractivity contribution in [1.82, 2.24) is 20.1 Å². The summed E-state index contributed by atoms with van der Waals surface area (Å²) >= 11 is 0. The van der Waals surface area contributed by atoms with E-state index in [-0.39, 0.29) is 13.2 Å². The van der Waals surface area contributed by atoms with E-state index in [1.54, 1.807) is 14.0 Å². The summed E-state index contributed by atoms with van der Waals surface area (Å²) in [6, 6.07) is 0. The molecule has 7 nitrogen and oxygen atoms in total. The first kappa shape index (κ1) is 11.2. The highest BCUT2D eigenvalue weighted by Gasteiger charge is 2.14. The lowest BCUT2D eigenvalue weighted by atomic mass is 10.5. The first-order valence-electron chi connectivity index (χ1n) is 4.43. The van der Waals surface area contributed by atoms with Crippen LogP contribution in [0, 0.1) is 0 Å². The van der Waals surface area contributed by atoms with Crippen molar-refractivity contribution >= 4 is 11.9 Å². The standard InChI is InChI=1S/C8H12N4O3/c1-3-15-8(14)7(13)9-4-6-10-5-12(2)11-6/h5H,3-4H2,1-2H3,(H,9,13). The number of nitrogens with zero attached hydrogens (tertiary/aromatic N) is 3. The van der Waals surface area contributed by atoms with Crippen LogP contribution >= 0.6 is 0 Å². The smallest absolute Gasteiger partial charge is 0.396 e. The molecule has 0 atom stereocenters. The molecule has 1 aromatic rings. The zero-order valence-corrected chi connectivity index (χ0v) is 8.56. The van der Waals surface area contributed by atoms with Crippen LogP contribution in [-0.2, 0) is 27.9 Å². The van der Waals surface area contributed by atoms with E-state index >= 15 is 0 Å². The van der Waals surface area contributed by atoms with Crippen LogP contribution in [0.3, 0.4) is 0 Å². The van der Waals surface area contributed by atoms with E-state index in [9.17, 15) is 9.59 Å². The normalized spacial score (nSPS) is 9.73. The molecule has 1 N–H and O–H groups in total. The molecule has 0 unspecified atom stereocenters. The minimum absolute atomic E-state index is 0.110. The number of esters is 1. The lowest BCUT2D eigenvalue weighted by Gasteiger charge is -2.01. The van der Waals surface area contributed by atoms with Crippen molar-refractivity contribution in [2.75, 3.05) is 6.61 Å². The summed E-state index contributed by atoms with van der Waals surface area (Å²) in [6.45, 7) is 1.91. The van der Waals surface area contributed by atoms with Gasteiger partial charge in [0.05, 0.1) is 13.2 Å². The van der Waals surface area contributed by atoms with Crippen LogP contribution in [0.4, 0.5) is 0 Å². The molecule has 1 heterocycles. The lowest BCUT2D eigenvalue weighted by Crippen LogP contribution is -2.32. The third kappa shape index (κ3) is 3.37. The van der Waals surface area contributed by atoms with E-state index < -0.39 is 11.9 Å². The number of carbonyl (C=O) groups is 2. The van der Waals surface area contributed by atoms with Crippen molar-refractivity contribution in [1.29, 1.82) is 0 Å². The molecule has 0 bridgehead atoms. The highest BCUT2D eigenvalue weighted by Crippen LogP contribution is 1.87. The number of nitrogens with one attached hydrogen (secondary N) is 1. The van der Waals surface area contributed by atoms with Gasteiger partial charge in [0.1, 0.15) is 6.33 Å². The molecule has 1 rings (SSSR count). The van der Waals surface area contributed by atoms with Gasteiger partial charge in [-0.15, -0.1) is 0 Å². The first-order valence-corrected chi connectivity index (χ1v) is 4.43. The predicted molar refractivity (Wildman–Crippen MR) is 49.5 cm³/mol. The molecule has 15 heavy (non-hydrogen) atoms. The average Bonchev–Trinajstić information content (AvgIpc) is 2.61. The largest absolute Gasteiger partial charge is 0.459 e. The fraction of sp³-hybridized carbons (Fsp3) is 0.500. The van der Waals surface area contributed by atoms with Gasteiger partial charge in [0, 0.05) is 7.05 Å². The summed E-state index contributed by atoms with van der Waals surface area (Å²) in [5.74, 6) is -1.24. The maximum atomic E-state index is 11.1. The minimum Gasteiger partial charge on any atom is -0.459 e. The summed E-state index contributed by atoms with van der Waals surface area (Å²) in [5, 5.41) is 6.27. The van der Waals surface area contributed by atoms with Gasteiger partial charge in [0.2, 0.25) is 0 Å². The summed E-state index contributed by atoms with van der Waals surface area (Å²) in [6.07, 6.45) is 1.51. The third-order valence-electron chi connectivity index (χ3n) is 1.51. The molecule has 0 saturated heterocycles. The van der Waals surface area contributed by atoms with Crippen LogP contribution in [0.5, 0.6) is 0 Å². The van der Waals surface area contributed by atoms with Crippen LogP contribution in [0.25, 0.3) is 0 Å². The van der Waals surface area contributed by atoms with Crippen LogP contribution in [0.2, 0.25) is 0 Å². The van der Waals surface area contributed by atoms with Gasteiger partial charge in [-0.3, -0.25) is 9.48 Å². The Morgan fingerprint density at radius 1 is 1.60 bits per heavy atom. The fourth-order valence-corrected chi connectivity index (χ4v) is 0.893. The molecule has 7 heteroatoms. The Kier molecular flexibility index (Phi) is 3.78. The summed E-state index contributed by atoms with van der Waals surface area (Å²) in [7, 11) is 1.71. The second-order valence-electron chi connectivity index (χ2n) is 2.74. The number of amides is 1. The fourth-order valence-electron chi connectivity index (χ4n) is 0.893. The van der Waals surface area contributed by atoms with E-state index in [4.69, 9.17) is 0 Å². The number of rotatable bonds is 3. The molecule has 0 fully saturated rings. The molecule has 0 spiro atoms. The number of hydrogen-bond acceptors (Lipinski definition) is 5. The molecule has 1 amide bonds. The second-order valence-corrected chi connectivity index (χ2v) is 2.74. The van der Waals surface area contributed by atoms with Gasteiger partial charge in [0.25, 0.3) is 0 Å². The Bertz CT molecular complexity index is 361. The molecule has 82 valence electrons. The maximum Gasteiger partial charge on any atom is 0.396 e. The van der Waals surface area contributed by atoms with E-state index in [1.807, 2.05) is 0 Å². The SMILES string of the molecule is CCOC(=O)C(=O)NCc1ncn(C)n1. The summed E-state index contributed by atoms with van der Waals surface area (Å²) in [5.41, 5.74) is 0. The molecule has 0 radical (unpaired) electrons. The third-order valence-corrected chi connectivity index (χ3v) is 1.51. The molecule has 0 saturated carbocycles. The zero-order valence-electron chi connectivity index (χ0n) is 8.56. The van der Waals surface area contributed by atoms with E-state index in [0.29, 0.717) is 5.82 Å². The van der Waals surface area contributed by atoms with Crippen LogP contribution < -0.4 is 5.32 Å². The molecular weight excluding hydrogens is 200 g/mol. The van der Waals surface area contributed by atoms with Crippen molar-refractivity contribution in [3.05, 3.63) is 12.2 Å². The van der Waals surface area contributed by atoms with Crippen molar-refractivity contribution < 1.29 is 14.3 Å². The van der Waals surface area contributed by atoms with Crippen molar-refractivity contribution in [3.63, 3.8) is 0 Å². The quantitative estimate of drug-likeness (QED) is 0.512. The van der Waals surface area contributed by atoms with Crippen LogP contribution in [0.1, 0.15) is 12.7 Å². The topological polar surface area (TPSA) is 86.1 Å². The number of hydrogen-bond donors (Lipinski definition) is 1. The number of aromatic nitrogens is 3. The molecular formula is C8H12N4O3. The highest BCUT2D eigenvalue weighted by molar-refractivity contribution is 6.32. The maximum absolute atomic E-state index is 11.1. The molecule has 0 aliphatic rings. The molecule has 0 aromatic carbocycles. The van der Waals surface area contributed by atoms with E-state index in [0.717, 1.165) is 0 Å². The Morgan fingerprint density at radius 2 is 2.33 bits per heavy atom. The molecule has 0 aliphatic heterocycles. The van der Waals surface area contributed by atoms with Crippen LogP contribution in [-0.4, -0.2) is 33.2 Å². The second kappa shape index (κ2) is 5.08. The monoisotopic (exact) mass is 212 g/mol. The predicted octanol–water partition coefficient (Wildman–Crippen LogP) is -1.01. The van der Waals surface area contributed by atoms with Crippen molar-refractivity contribution in [2.24, 2.45) is 7.05 Å². The number of carbonyl (C=O) groups excluding carboxylic acids is 2. The Morgan fingerprint density at radius 3 is 2.87 bits per heavy atom. The first-order chi connectivity index (χ1) is 7.13. The number of aryl methyl sites for hydroxylation is 1. The summed E-state index contributed by atoms with van der Waals surface area (Å²) in [4.78, 5) is 25.8. The average molecular weight is 212 g/mol. The lowest BCUT2D eigenvalue weighted by molar-refractivity contribution is -0.154. The van der Waals surface area contributed by atoms with Crippen molar-refractivity contribution in [3.8, 4) is 0 Å². The van der Waals surface area contributed by atoms with Gasteiger partial charge < -0.3 is 10.1 Å². The Balaban J connectivity index is 2.37. The van der Waals surface area contributed by atoms with Gasteiger partial charge in [-0.05, 0) is 6.92 Å². The van der Waals surface area contributed by atoms with Crippen molar-refractivity contribution in [2.45, 2.75) is 13.5 Å². The molecule has 1 aromatic heterocycles. The van der Waals surface area contributed by atoms with E-state index in [2.05, 4.69) is 20.1 Å². The Labute approximate surface area is 86.4 Å². The van der Waals surface area contributed by atoms with Gasteiger partial charge in [-0.1, -0.05) is 0 Å². The van der Waals surface area contributed by atoms with E-state index in [1.165, 1.54) is 11.0 Å². The highest BCUT2D eigenvalue weighted by atomic mass is 16.5.